The average Bonchev–Trinajstić information content (AvgIpc) is 3.25. The van der Waals surface area contributed by atoms with E-state index in [2.05, 4.69) is 34.6 Å². The number of aliphatic hydroxyl groups excluding tert-OH is 1. The number of phosphoric acid groups is 2. The maximum absolute atomic E-state index is 13.1. The molecule has 0 aromatic rings. The number of hydrogen-bond donors (Lipinski definition) is 3. The van der Waals surface area contributed by atoms with Crippen LogP contribution in [0.2, 0.25) is 0 Å². The van der Waals surface area contributed by atoms with E-state index in [1.54, 1.807) is 0 Å². The summed E-state index contributed by atoms with van der Waals surface area (Å²) < 4.78 is 68.1. The highest BCUT2D eigenvalue weighted by molar-refractivity contribution is 7.47. The quantitative estimate of drug-likeness (QED) is 0.0222. The molecule has 0 bridgehead atoms. The summed E-state index contributed by atoms with van der Waals surface area (Å²) in [5, 5.41) is 10.6. The molecule has 17 nitrogen and oxygen atoms in total. The highest BCUT2D eigenvalue weighted by atomic mass is 31.2. The first kappa shape index (κ1) is 90.1. The monoisotopic (exact) mass is 1350 g/mol. The summed E-state index contributed by atoms with van der Waals surface area (Å²) >= 11 is 0. The van der Waals surface area contributed by atoms with E-state index in [9.17, 15) is 43.2 Å². The van der Waals surface area contributed by atoms with Crippen LogP contribution in [-0.4, -0.2) is 96.7 Å². The number of phosphoric ester groups is 2. The molecule has 0 aliphatic heterocycles. The van der Waals surface area contributed by atoms with E-state index < -0.39 is 97.5 Å². The Morgan fingerprint density at radius 3 is 0.772 bits per heavy atom. The molecule has 0 aromatic heterocycles. The molecular weight excluding hydrogens is 1210 g/mol. The largest absolute Gasteiger partial charge is 0.472 e. The predicted octanol–water partition coefficient (Wildman–Crippen LogP) is 21.3. The SMILES string of the molecule is CCCCCCCCCCCCCCCCCCCCCCCC(=O)O[C@H](COC(=O)CCCCCCCCCCCCCCCCC(C)CC)COP(=O)(O)OC[C@@H](O)COP(=O)(O)OC[C@@H](COC(=O)CCCCCCC)OC(=O)CCCCCCCCCC. The molecule has 0 aliphatic rings. The smallest absolute Gasteiger partial charge is 0.462 e. The molecule has 0 aromatic carbocycles. The van der Waals surface area contributed by atoms with Gasteiger partial charge in [-0.05, 0) is 31.6 Å². The molecule has 0 fully saturated rings. The second-order valence-electron chi connectivity index (χ2n) is 26.6. The van der Waals surface area contributed by atoms with Gasteiger partial charge < -0.3 is 33.8 Å². The molecule has 3 unspecified atom stereocenters. The number of aliphatic hydroxyl groups is 1. The number of unbranched alkanes of at least 4 members (excludes halogenated alkanes) is 44. The topological polar surface area (TPSA) is 237 Å². The molecule has 0 spiro atoms. The molecular formula is C73H142O17P2. The molecule has 0 saturated heterocycles. The Balaban J connectivity index is 5.09. The number of hydrogen-bond acceptors (Lipinski definition) is 15. The van der Waals surface area contributed by atoms with Gasteiger partial charge in [-0.25, -0.2) is 9.13 Å². The summed E-state index contributed by atoms with van der Waals surface area (Å²) in [6, 6.07) is 0. The zero-order valence-corrected chi connectivity index (χ0v) is 61.5. The first-order chi connectivity index (χ1) is 44.6. The second kappa shape index (κ2) is 66.3. The maximum Gasteiger partial charge on any atom is 0.472 e. The number of carbonyl (C=O) groups is 4. The molecule has 0 rings (SSSR count). The maximum atomic E-state index is 13.1. The van der Waals surface area contributed by atoms with Crippen LogP contribution in [0.4, 0.5) is 0 Å². The Labute approximate surface area is 562 Å². The minimum absolute atomic E-state index is 0.104. The van der Waals surface area contributed by atoms with E-state index in [1.807, 2.05) is 0 Å². The van der Waals surface area contributed by atoms with Gasteiger partial charge in [0.05, 0.1) is 26.4 Å². The van der Waals surface area contributed by atoms with E-state index in [4.69, 9.17) is 37.0 Å². The van der Waals surface area contributed by atoms with Crippen LogP contribution in [-0.2, 0) is 65.4 Å². The van der Waals surface area contributed by atoms with Crippen molar-refractivity contribution in [3.63, 3.8) is 0 Å². The summed E-state index contributed by atoms with van der Waals surface area (Å²) in [5.41, 5.74) is 0. The summed E-state index contributed by atoms with van der Waals surface area (Å²) in [5.74, 6) is -1.28. The third-order valence-electron chi connectivity index (χ3n) is 17.4. The molecule has 19 heteroatoms. The van der Waals surface area contributed by atoms with Gasteiger partial charge in [-0.2, -0.15) is 0 Å². The highest BCUT2D eigenvalue weighted by Gasteiger charge is 2.30. The summed E-state index contributed by atoms with van der Waals surface area (Å²) in [4.78, 5) is 72.2. The minimum Gasteiger partial charge on any atom is -0.462 e. The molecule has 0 saturated carbocycles. The van der Waals surface area contributed by atoms with Crippen molar-refractivity contribution in [2.24, 2.45) is 5.92 Å². The van der Waals surface area contributed by atoms with Crippen molar-refractivity contribution in [1.29, 1.82) is 0 Å². The van der Waals surface area contributed by atoms with Crippen LogP contribution in [0.25, 0.3) is 0 Å². The molecule has 6 atom stereocenters. The number of rotatable bonds is 73. The van der Waals surface area contributed by atoms with Gasteiger partial charge in [0.15, 0.2) is 12.2 Å². The van der Waals surface area contributed by atoms with Crippen LogP contribution >= 0.6 is 15.6 Å². The van der Waals surface area contributed by atoms with Crippen molar-refractivity contribution in [2.45, 2.75) is 400 Å². The lowest BCUT2D eigenvalue weighted by molar-refractivity contribution is -0.161. The van der Waals surface area contributed by atoms with E-state index in [0.29, 0.717) is 25.7 Å². The van der Waals surface area contributed by atoms with E-state index in [0.717, 1.165) is 109 Å². The summed E-state index contributed by atoms with van der Waals surface area (Å²) in [6.07, 6.45) is 54.7. The fraction of sp³-hybridized carbons (Fsp3) is 0.945. The fourth-order valence-corrected chi connectivity index (χ4v) is 12.7. The van der Waals surface area contributed by atoms with Gasteiger partial charge in [-0.1, -0.05) is 330 Å². The molecule has 0 radical (unpaired) electrons. The third kappa shape index (κ3) is 65.4. The normalized spacial score (nSPS) is 14.3. The van der Waals surface area contributed by atoms with Crippen molar-refractivity contribution in [3.8, 4) is 0 Å². The summed E-state index contributed by atoms with van der Waals surface area (Å²) in [7, 11) is -9.89. The van der Waals surface area contributed by atoms with Gasteiger partial charge in [0.1, 0.15) is 19.3 Å². The van der Waals surface area contributed by atoms with Crippen molar-refractivity contribution in [2.75, 3.05) is 39.6 Å². The standard InChI is InChI=1S/C73H142O17P2/c1-6-10-13-16-18-20-21-22-23-24-25-26-27-28-29-34-37-40-44-49-54-59-73(78)90-69(63-84-71(76)57-52-47-43-39-36-33-31-30-32-35-38-41-46-50-55-66(5)9-4)65-88-92(81,82)86-61-67(74)60-85-91(79,80)87-64-68(62-83-70(75)56-51-45-15-12-8-3)89-72(77)58-53-48-42-19-17-14-11-7-2/h66-69,74H,6-65H2,1-5H3,(H,79,80)(H,81,82)/t66?,67-,68+,69+/m0/s1. The van der Waals surface area contributed by atoms with Gasteiger partial charge in [-0.3, -0.25) is 37.3 Å². The molecule has 0 amide bonds. The lowest BCUT2D eigenvalue weighted by Crippen LogP contribution is -2.30. The van der Waals surface area contributed by atoms with Crippen LogP contribution in [0.1, 0.15) is 381 Å². The van der Waals surface area contributed by atoms with Crippen LogP contribution in [0.3, 0.4) is 0 Å². The van der Waals surface area contributed by atoms with Crippen molar-refractivity contribution in [1.82, 2.24) is 0 Å². The van der Waals surface area contributed by atoms with Crippen molar-refractivity contribution < 1.29 is 80.2 Å². The zero-order valence-electron chi connectivity index (χ0n) is 59.7. The molecule has 546 valence electrons. The van der Waals surface area contributed by atoms with Gasteiger partial charge in [0.25, 0.3) is 0 Å². The highest BCUT2D eigenvalue weighted by Crippen LogP contribution is 2.45. The number of carbonyl (C=O) groups excluding carboxylic acids is 4. The van der Waals surface area contributed by atoms with E-state index in [1.165, 1.54) is 193 Å². The molecule has 3 N–H and O–H groups in total. The van der Waals surface area contributed by atoms with Crippen molar-refractivity contribution >= 4 is 39.5 Å². The number of ether oxygens (including phenoxy) is 4. The van der Waals surface area contributed by atoms with Gasteiger partial charge in [-0.15, -0.1) is 0 Å². The molecule has 0 heterocycles. The zero-order chi connectivity index (χ0) is 67.7. The Morgan fingerprint density at radius 1 is 0.304 bits per heavy atom. The minimum atomic E-state index is -4.95. The second-order valence-corrected chi connectivity index (χ2v) is 29.5. The number of esters is 4. The van der Waals surface area contributed by atoms with Crippen LogP contribution in [0.15, 0.2) is 0 Å². The van der Waals surface area contributed by atoms with E-state index >= 15 is 0 Å². The Morgan fingerprint density at radius 2 is 0.522 bits per heavy atom. The Bertz CT molecular complexity index is 1770. The van der Waals surface area contributed by atoms with Crippen molar-refractivity contribution in [3.05, 3.63) is 0 Å². The van der Waals surface area contributed by atoms with Gasteiger partial charge >= 0.3 is 39.5 Å². The lowest BCUT2D eigenvalue weighted by atomic mass is 9.99. The molecule has 0 aliphatic carbocycles. The lowest BCUT2D eigenvalue weighted by Gasteiger charge is -2.21. The predicted molar refractivity (Wildman–Crippen MR) is 372 cm³/mol. The first-order valence-electron chi connectivity index (χ1n) is 38.2. The third-order valence-corrected chi connectivity index (χ3v) is 19.3. The average molecular weight is 1350 g/mol. The van der Waals surface area contributed by atoms with Gasteiger partial charge in [0.2, 0.25) is 0 Å². The van der Waals surface area contributed by atoms with E-state index in [-0.39, 0.29) is 25.7 Å². The van der Waals surface area contributed by atoms with Gasteiger partial charge in [0, 0.05) is 25.7 Å². The first-order valence-corrected chi connectivity index (χ1v) is 41.2. The molecule has 92 heavy (non-hydrogen) atoms. The van der Waals surface area contributed by atoms with Crippen LogP contribution in [0.5, 0.6) is 0 Å². The Kier molecular flexibility index (Phi) is 64.9. The summed E-state index contributed by atoms with van der Waals surface area (Å²) in [6.45, 7) is 7.20. The Hall–Kier alpha value is -1.94. The van der Waals surface area contributed by atoms with Crippen LogP contribution < -0.4 is 0 Å². The fourth-order valence-electron chi connectivity index (χ4n) is 11.1. The van der Waals surface area contributed by atoms with Crippen LogP contribution in [0, 0.1) is 5.92 Å².